The van der Waals surface area contributed by atoms with E-state index in [2.05, 4.69) is 9.05 Å². The molecule has 0 amide bonds. The molecule has 0 aliphatic rings. The molecule has 0 saturated heterocycles. The van der Waals surface area contributed by atoms with Crippen molar-refractivity contribution >= 4 is 25.6 Å². The largest absolute Gasteiger partial charge is 0.318 e. The lowest BCUT2D eigenvalue weighted by atomic mass is 10.9. The van der Waals surface area contributed by atoms with E-state index < -0.39 is 8.25 Å². The molecule has 1 unspecified atom stereocenters. The Labute approximate surface area is 60.4 Å². The molecule has 0 fully saturated rings. The first kappa shape index (κ1) is 11.5. The zero-order chi connectivity index (χ0) is 5.70. The molecule has 0 aromatic rings. The van der Waals surface area contributed by atoms with Crippen LogP contribution >= 0.6 is 8.25 Å². The van der Waals surface area contributed by atoms with Crippen LogP contribution < -0.4 is 0 Å². The molecule has 0 rings (SSSR count). The molecule has 8 heavy (non-hydrogen) atoms. The van der Waals surface area contributed by atoms with Crippen molar-refractivity contribution in [3.05, 3.63) is 0 Å². The Morgan fingerprint density at radius 3 is 2.25 bits per heavy atom. The van der Waals surface area contributed by atoms with E-state index in [9.17, 15) is 4.57 Å². The third-order valence-electron chi connectivity index (χ3n) is 0.429. The molecule has 0 aliphatic carbocycles. The van der Waals surface area contributed by atoms with E-state index in [1.807, 2.05) is 0 Å². The van der Waals surface area contributed by atoms with Gasteiger partial charge in [-0.3, -0.25) is 4.57 Å². The molecule has 0 saturated carbocycles. The van der Waals surface area contributed by atoms with Crippen LogP contribution in [0.25, 0.3) is 0 Å². The Kier molecular flexibility index (Phi) is 11.0. The van der Waals surface area contributed by atoms with Gasteiger partial charge in [-0.15, -0.1) is 0 Å². The van der Waals surface area contributed by atoms with Crippen LogP contribution in [-0.4, -0.2) is 31.1 Å². The Bertz CT molecular complexity index is 67.5. The van der Waals surface area contributed by atoms with Gasteiger partial charge in [0.15, 0.2) is 17.4 Å². The van der Waals surface area contributed by atoms with Gasteiger partial charge < -0.3 is 9.05 Å². The van der Waals surface area contributed by atoms with E-state index in [1.165, 1.54) is 7.11 Å². The highest BCUT2D eigenvalue weighted by Crippen LogP contribution is 2.20. The molecule has 1 atom stereocenters. The minimum Gasteiger partial charge on any atom is -0.314 e. The first-order chi connectivity index (χ1) is 3.31. The fraction of sp³-hybridized carbons (Fsp3) is 1.00. The van der Waals surface area contributed by atoms with Gasteiger partial charge in [-0.2, -0.15) is 0 Å². The maximum Gasteiger partial charge on any atom is 0.318 e. The average molecular weight is 154 g/mol. The molecular formula is C3H12AlO3P. The fourth-order valence-electron chi connectivity index (χ4n) is 0.177. The standard InChI is InChI=1S/C3H9O3P.Al.3H/c1-3-6-7(4)5-2;;;;/h7H,3H2,1-2H3;;;;. The van der Waals surface area contributed by atoms with Gasteiger partial charge in [0.1, 0.15) is 0 Å². The maximum atomic E-state index is 10.2. The summed E-state index contributed by atoms with van der Waals surface area (Å²) in [5, 5.41) is 0. The zero-order valence-electron chi connectivity index (χ0n) is 4.43. The molecule has 0 aromatic carbocycles. The lowest BCUT2D eigenvalue weighted by Gasteiger charge is -1.94. The van der Waals surface area contributed by atoms with E-state index in [-0.39, 0.29) is 17.4 Å². The molecule has 0 heterocycles. The normalized spacial score (nSPS) is 12.2. The SMILES string of the molecule is CCO[PH](=O)OC.[AlH3]. The van der Waals surface area contributed by atoms with Crippen LogP contribution in [-0.2, 0) is 13.6 Å². The first-order valence-electron chi connectivity index (χ1n) is 2.02. The van der Waals surface area contributed by atoms with Crippen LogP contribution in [0.15, 0.2) is 0 Å². The van der Waals surface area contributed by atoms with Crippen molar-refractivity contribution in [2.24, 2.45) is 0 Å². The summed E-state index contributed by atoms with van der Waals surface area (Å²) in [4.78, 5) is 0. The van der Waals surface area contributed by atoms with Gasteiger partial charge in [-0.25, -0.2) is 0 Å². The Morgan fingerprint density at radius 2 is 2.12 bits per heavy atom. The molecule has 3 nitrogen and oxygen atoms in total. The predicted octanol–water partition coefficient (Wildman–Crippen LogP) is -0.125. The summed E-state index contributed by atoms with van der Waals surface area (Å²) >= 11 is 0. The summed E-state index contributed by atoms with van der Waals surface area (Å²) in [5.74, 6) is 0. The van der Waals surface area contributed by atoms with Crippen molar-refractivity contribution in [1.82, 2.24) is 0 Å². The third kappa shape index (κ3) is 6.68. The van der Waals surface area contributed by atoms with E-state index in [4.69, 9.17) is 0 Å². The molecule has 50 valence electrons. The van der Waals surface area contributed by atoms with Crippen LogP contribution in [0.5, 0.6) is 0 Å². The highest BCUT2D eigenvalue weighted by atomic mass is 31.1. The van der Waals surface area contributed by atoms with Crippen molar-refractivity contribution in [2.45, 2.75) is 6.92 Å². The summed E-state index contributed by atoms with van der Waals surface area (Å²) in [6, 6.07) is 0. The van der Waals surface area contributed by atoms with Gasteiger partial charge in [0.2, 0.25) is 0 Å². The molecule has 0 aliphatic heterocycles. The molecule has 5 heteroatoms. The second-order valence-electron chi connectivity index (χ2n) is 0.887. The van der Waals surface area contributed by atoms with Crippen LogP contribution in [0.3, 0.4) is 0 Å². The van der Waals surface area contributed by atoms with Crippen LogP contribution in [0.1, 0.15) is 6.92 Å². The summed E-state index contributed by atoms with van der Waals surface area (Å²) < 4.78 is 19.0. The van der Waals surface area contributed by atoms with Gasteiger partial charge in [-0.05, 0) is 6.92 Å². The van der Waals surface area contributed by atoms with E-state index >= 15 is 0 Å². The van der Waals surface area contributed by atoms with Crippen molar-refractivity contribution < 1.29 is 13.6 Å². The highest BCUT2D eigenvalue weighted by molar-refractivity contribution is 7.33. The van der Waals surface area contributed by atoms with Gasteiger partial charge in [-0.1, -0.05) is 0 Å². The highest BCUT2D eigenvalue weighted by Gasteiger charge is 1.87. The van der Waals surface area contributed by atoms with Gasteiger partial charge in [0.05, 0.1) is 6.61 Å². The first-order valence-corrected chi connectivity index (χ1v) is 3.24. The Hall–Kier alpha value is 0.682. The smallest absolute Gasteiger partial charge is 0.314 e. The lowest BCUT2D eigenvalue weighted by molar-refractivity contribution is 0.268. The Morgan fingerprint density at radius 1 is 1.62 bits per heavy atom. The molecule has 0 bridgehead atoms. The van der Waals surface area contributed by atoms with Crippen molar-refractivity contribution in [1.29, 1.82) is 0 Å². The summed E-state index contributed by atoms with van der Waals surface area (Å²) in [6.45, 7) is 2.22. The van der Waals surface area contributed by atoms with Crippen LogP contribution in [0.2, 0.25) is 0 Å². The van der Waals surface area contributed by atoms with Gasteiger partial charge in [0, 0.05) is 7.11 Å². The summed E-state index contributed by atoms with van der Waals surface area (Å²) in [5.41, 5.74) is 0. The molecule has 0 spiro atoms. The molecule has 0 aromatic heterocycles. The second kappa shape index (κ2) is 7.68. The molecular weight excluding hydrogens is 142 g/mol. The quantitative estimate of drug-likeness (QED) is 0.419. The zero-order valence-corrected chi connectivity index (χ0v) is 5.43. The van der Waals surface area contributed by atoms with E-state index in [1.54, 1.807) is 6.92 Å². The van der Waals surface area contributed by atoms with E-state index in [0.29, 0.717) is 6.61 Å². The molecule has 0 N–H and O–H groups in total. The minimum atomic E-state index is -2.13. The number of hydrogen-bond acceptors (Lipinski definition) is 3. The minimum absolute atomic E-state index is 0. The van der Waals surface area contributed by atoms with Gasteiger partial charge >= 0.3 is 8.25 Å². The maximum absolute atomic E-state index is 10.2. The predicted molar refractivity (Wildman–Crippen MR) is 37.6 cm³/mol. The van der Waals surface area contributed by atoms with Crippen molar-refractivity contribution in [2.75, 3.05) is 13.7 Å². The van der Waals surface area contributed by atoms with Crippen LogP contribution in [0.4, 0.5) is 0 Å². The van der Waals surface area contributed by atoms with Crippen molar-refractivity contribution in [3.8, 4) is 0 Å². The third-order valence-corrected chi connectivity index (χ3v) is 1.29. The number of rotatable bonds is 3. The Balaban J connectivity index is 0. The summed E-state index contributed by atoms with van der Waals surface area (Å²) in [7, 11) is -0.772. The van der Waals surface area contributed by atoms with Gasteiger partial charge in [0.25, 0.3) is 0 Å². The number of hydrogen-bond donors (Lipinski definition) is 0. The second-order valence-corrected chi connectivity index (χ2v) is 2.08. The lowest BCUT2D eigenvalue weighted by Crippen LogP contribution is -1.76. The monoisotopic (exact) mass is 154 g/mol. The topological polar surface area (TPSA) is 35.5 Å². The average Bonchev–Trinajstić information content (AvgIpc) is 1.68. The summed E-state index contributed by atoms with van der Waals surface area (Å²) in [6.07, 6.45) is 0. The fourth-order valence-corrected chi connectivity index (χ4v) is 0.530. The molecule has 0 radical (unpaired) electrons. The van der Waals surface area contributed by atoms with E-state index in [0.717, 1.165) is 0 Å². The van der Waals surface area contributed by atoms with Crippen molar-refractivity contribution in [3.63, 3.8) is 0 Å². The van der Waals surface area contributed by atoms with Crippen LogP contribution in [0, 0.1) is 0 Å².